The zero-order chi connectivity index (χ0) is 15.2. The minimum atomic E-state index is 0.966. The standard InChI is InChI=1S/C20H17N3/c1-2-7-13(8-3-1)17-18-14-9-4-5-10-15(14)22-20(18)23-16-11-6-12-21-19(16)17/h4-7,9-12H,1-3,8H2,(H,22,23). The number of hydrogen-bond acceptors (Lipinski definition) is 2. The summed E-state index contributed by atoms with van der Waals surface area (Å²) in [6.07, 6.45) is 9.11. The van der Waals surface area contributed by atoms with Crippen molar-refractivity contribution in [3.8, 4) is 0 Å². The van der Waals surface area contributed by atoms with Gasteiger partial charge in [-0.25, -0.2) is 4.98 Å². The molecule has 3 nitrogen and oxygen atoms in total. The molecule has 0 saturated carbocycles. The van der Waals surface area contributed by atoms with Gasteiger partial charge in [-0.05, 0) is 49.5 Å². The van der Waals surface area contributed by atoms with Crippen LogP contribution in [-0.4, -0.2) is 15.0 Å². The molecule has 3 heterocycles. The second-order valence-corrected chi connectivity index (χ2v) is 6.23. The van der Waals surface area contributed by atoms with E-state index in [1.54, 1.807) is 0 Å². The molecule has 0 fully saturated rings. The van der Waals surface area contributed by atoms with Gasteiger partial charge < -0.3 is 4.98 Å². The van der Waals surface area contributed by atoms with Crippen LogP contribution >= 0.6 is 0 Å². The van der Waals surface area contributed by atoms with Crippen LogP contribution in [-0.2, 0) is 0 Å². The first-order valence-corrected chi connectivity index (χ1v) is 8.26. The average Bonchev–Trinajstić information content (AvgIpc) is 2.98. The van der Waals surface area contributed by atoms with Crippen molar-refractivity contribution in [1.82, 2.24) is 15.0 Å². The van der Waals surface area contributed by atoms with Crippen LogP contribution < -0.4 is 0 Å². The Balaban J connectivity index is 2.01. The summed E-state index contributed by atoms with van der Waals surface area (Å²) in [7, 11) is 0. The molecule has 1 aromatic carbocycles. The molecule has 112 valence electrons. The summed E-state index contributed by atoms with van der Waals surface area (Å²) in [5.74, 6) is 0. The Morgan fingerprint density at radius 3 is 2.87 bits per heavy atom. The molecule has 1 aliphatic carbocycles. The van der Waals surface area contributed by atoms with Crippen molar-refractivity contribution in [2.75, 3.05) is 0 Å². The van der Waals surface area contributed by atoms with Gasteiger partial charge in [-0.15, -0.1) is 0 Å². The van der Waals surface area contributed by atoms with Gasteiger partial charge in [0, 0.05) is 28.0 Å². The van der Waals surface area contributed by atoms with Crippen LogP contribution in [0.4, 0.5) is 0 Å². The number of allylic oxidation sites excluding steroid dienone is 2. The van der Waals surface area contributed by atoms with Gasteiger partial charge in [-0.3, -0.25) is 4.98 Å². The minimum Gasteiger partial charge on any atom is -0.339 e. The number of nitrogens with one attached hydrogen (secondary N) is 1. The van der Waals surface area contributed by atoms with E-state index in [4.69, 9.17) is 4.98 Å². The number of hydrogen-bond donors (Lipinski definition) is 1. The number of benzene rings is 1. The fourth-order valence-corrected chi connectivity index (χ4v) is 3.76. The molecule has 0 atom stereocenters. The second-order valence-electron chi connectivity index (χ2n) is 6.23. The number of fused-ring (bicyclic) bond motifs is 4. The monoisotopic (exact) mass is 299 g/mol. The zero-order valence-electron chi connectivity index (χ0n) is 12.8. The van der Waals surface area contributed by atoms with Crippen LogP contribution in [0, 0.1) is 0 Å². The van der Waals surface area contributed by atoms with Gasteiger partial charge in [0.2, 0.25) is 0 Å². The van der Waals surface area contributed by atoms with Crippen LogP contribution in [0.15, 0.2) is 48.7 Å². The van der Waals surface area contributed by atoms with Gasteiger partial charge in [-0.2, -0.15) is 0 Å². The van der Waals surface area contributed by atoms with Gasteiger partial charge >= 0.3 is 0 Å². The highest BCUT2D eigenvalue weighted by atomic mass is 14.9. The highest BCUT2D eigenvalue weighted by molar-refractivity contribution is 6.15. The van der Waals surface area contributed by atoms with Gasteiger partial charge in [0.15, 0.2) is 0 Å². The second kappa shape index (κ2) is 4.92. The molecule has 0 aliphatic heterocycles. The first-order chi connectivity index (χ1) is 11.4. The van der Waals surface area contributed by atoms with Crippen molar-refractivity contribution in [1.29, 1.82) is 0 Å². The largest absolute Gasteiger partial charge is 0.339 e. The van der Waals surface area contributed by atoms with E-state index in [9.17, 15) is 0 Å². The molecule has 0 unspecified atom stereocenters. The van der Waals surface area contributed by atoms with Crippen LogP contribution in [0.5, 0.6) is 0 Å². The van der Waals surface area contributed by atoms with Crippen LogP contribution in [0.2, 0.25) is 0 Å². The summed E-state index contributed by atoms with van der Waals surface area (Å²) in [5, 5.41) is 2.46. The molecule has 0 radical (unpaired) electrons. The van der Waals surface area contributed by atoms with Crippen molar-refractivity contribution < 1.29 is 0 Å². The molecule has 3 heteroatoms. The predicted octanol–water partition coefficient (Wildman–Crippen LogP) is 5.22. The number of aromatic nitrogens is 3. The van der Waals surface area contributed by atoms with Crippen molar-refractivity contribution in [3.63, 3.8) is 0 Å². The fraction of sp³-hybridized carbons (Fsp3) is 0.200. The SMILES string of the molecule is C1=C(c2c3ncccc3nc3[nH]c4ccccc4c23)CCCC1. The van der Waals surface area contributed by atoms with Gasteiger partial charge in [0.1, 0.15) is 5.65 Å². The maximum absolute atomic E-state index is 4.83. The number of H-pyrrole nitrogens is 1. The van der Waals surface area contributed by atoms with Gasteiger partial charge in [0.05, 0.1) is 11.0 Å². The van der Waals surface area contributed by atoms with E-state index < -0.39 is 0 Å². The van der Waals surface area contributed by atoms with E-state index in [0.29, 0.717) is 0 Å². The molecular formula is C20H17N3. The summed E-state index contributed by atoms with van der Waals surface area (Å²) < 4.78 is 0. The third-order valence-corrected chi connectivity index (χ3v) is 4.80. The predicted molar refractivity (Wildman–Crippen MR) is 95.3 cm³/mol. The lowest BCUT2D eigenvalue weighted by Crippen LogP contribution is -1.97. The van der Waals surface area contributed by atoms with Gasteiger partial charge in [-0.1, -0.05) is 24.3 Å². The molecule has 5 rings (SSSR count). The number of para-hydroxylation sites is 1. The number of aromatic amines is 1. The zero-order valence-corrected chi connectivity index (χ0v) is 12.8. The quantitative estimate of drug-likeness (QED) is 0.523. The summed E-state index contributed by atoms with van der Waals surface area (Å²) in [6, 6.07) is 12.5. The van der Waals surface area contributed by atoms with E-state index in [0.717, 1.165) is 35.0 Å². The van der Waals surface area contributed by atoms with Crippen molar-refractivity contribution in [2.45, 2.75) is 25.7 Å². The summed E-state index contributed by atoms with van der Waals surface area (Å²) in [4.78, 5) is 13.0. The maximum Gasteiger partial charge on any atom is 0.139 e. The fourth-order valence-electron chi connectivity index (χ4n) is 3.76. The number of nitrogens with zero attached hydrogens (tertiary/aromatic N) is 2. The Labute approximate surface area is 134 Å². The van der Waals surface area contributed by atoms with E-state index in [2.05, 4.69) is 46.4 Å². The molecule has 1 N–H and O–H groups in total. The van der Waals surface area contributed by atoms with Crippen molar-refractivity contribution in [2.24, 2.45) is 0 Å². The first-order valence-electron chi connectivity index (χ1n) is 8.26. The van der Waals surface area contributed by atoms with Gasteiger partial charge in [0.25, 0.3) is 0 Å². The number of rotatable bonds is 1. The summed E-state index contributed by atoms with van der Waals surface area (Å²) >= 11 is 0. The van der Waals surface area contributed by atoms with E-state index in [-0.39, 0.29) is 0 Å². The molecule has 0 spiro atoms. The molecule has 0 amide bonds. The Morgan fingerprint density at radius 1 is 1.00 bits per heavy atom. The Kier molecular flexibility index (Phi) is 2.74. The van der Waals surface area contributed by atoms with E-state index in [1.165, 1.54) is 34.8 Å². The molecule has 3 aromatic heterocycles. The van der Waals surface area contributed by atoms with Crippen LogP contribution in [0.1, 0.15) is 31.2 Å². The molecular weight excluding hydrogens is 282 g/mol. The smallest absolute Gasteiger partial charge is 0.139 e. The third kappa shape index (κ3) is 1.89. The van der Waals surface area contributed by atoms with Crippen LogP contribution in [0.3, 0.4) is 0 Å². The highest BCUT2D eigenvalue weighted by Crippen LogP contribution is 2.38. The lowest BCUT2D eigenvalue weighted by atomic mass is 9.90. The maximum atomic E-state index is 4.83. The summed E-state index contributed by atoms with van der Waals surface area (Å²) in [6.45, 7) is 0. The highest BCUT2D eigenvalue weighted by Gasteiger charge is 2.18. The Bertz CT molecular complexity index is 1070. The van der Waals surface area contributed by atoms with Crippen molar-refractivity contribution >= 4 is 38.5 Å². The minimum absolute atomic E-state index is 0.966. The lowest BCUT2D eigenvalue weighted by molar-refractivity contribution is 0.743. The average molecular weight is 299 g/mol. The van der Waals surface area contributed by atoms with E-state index in [1.807, 2.05) is 12.3 Å². The molecule has 23 heavy (non-hydrogen) atoms. The third-order valence-electron chi connectivity index (χ3n) is 4.80. The Morgan fingerprint density at radius 2 is 1.96 bits per heavy atom. The molecule has 0 bridgehead atoms. The molecule has 0 saturated heterocycles. The normalized spacial score (nSPS) is 15.4. The lowest BCUT2D eigenvalue weighted by Gasteiger charge is -2.15. The topological polar surface area (TPSA) is 41.6 Å². The van der Waals surface area contributed by atoms with Crippen molar-refractivity contribution in [3.05, 3.63) is 54.2 Å². The number of pyridine rings is 2. The molecule has 4 aromatic rings. The Hall–Kier alpha value is -2.68. The van der Waals surface area contributed by atoms with Crippen LogP contribution in [0.25, 0.3) is 38.5 Å². The first kappa shape index (κ1) is 12.8. The summed E-state index contributed by atoms with van der Waals surface area (Å²) in [5.41, 5.74) is 6.81. The van der Waals surface area contributed by atoms with E-state index >= 15 is 0 Å². The molecule has 1 aliphatic rings.